The van der Waals surface area contributed by atoms with Gasteiger partial charge in [-0.25, -0.2) is 4.79 Å². The molecule has 1 aliphatic carbocycles. The zero-order valence-electron chi connectivity index (χ0n) is 10.2. The molecule has 1 atom stereocenters. The van der Waals surface area contributed by atoms with Crippen molar-refractivity contribution in [3.05, 3.63) is 0 Å². The molecule has 1 fully saturated rings. The molecule has 1 rings (SSSR count). The van der Waals surface area contributed by atoms with Crippen molar-refractivity contribution in [1.29, 1.82) is 0 Å². The Balaban J connectivity index is 1.93. The molecule has 1 saturated carbocycles. The van der Waals surface area contributed by atoms with Gasteiger partial charge in [-0.15, -0.1) is 0 Å². The quantitative estimate of drug-likeness (QED) is 0.618. The molecule has 0 aromatic heterocycles. The molecule has 0 heterocycles. The van der Waals surface area contributed by atoms with Crippen molar-refractivity contribution < 1.29 is 9.90 Å². The second-order valence-corrected chi connectivity index (χ2v) is 4.84. The van der Waals surface area contributed by atoms with Crippen LogP contribution in [0.2, 0.25) is 0 Å². The third-order valence-electron chi connectivity index (χ3n) is 3.30. The highest BCUT2D eigenvalue weighted by Gasteiger charge is 2.16. The van der Waals surface area contributed by atoms with Crippen LogP contribution in [-0.4, -0.2) is 30.8 Å². The van der Waals surface area contributed by atoms with Crippen LogP contribution in [0.15, 0.2) is 0 Å². The third-order valence-corrected chi connectivity index (χ3v) is 3.30. The van der Waals surface area contributed by atoms with E-state index in [1.807, 2.05) is 6.92 Å². The Hall–Kier alpha value is -0.770. The summed E-state index contributed by atoms with van der Waals surface area (Å²) in [5.74, 6) is 1.18. The number of urea groups is 1. The standard InChI is InChI=1S/C12H24N2O2/c1-10(6-8-15)9-14-12(16)13-7-5-11-3-2-4-11/h10-11,15H,2-9H2,1H3,(H2,13,14,16). The molecule has 0 aromatic rings. The van der Waals surface area contributed by atoms with E-state index in [1.54, 1.807) is 0 Å². The van der Waals surface area contributed by atoms with Crippen LogP contribution in [0.5, 0.6) is 0 Å². The first-order chi connectivity index (χ1) is 7.72. The fourth-order valence-electron chi connectivity index (χ4n) is 1.82. The number of aliphatic hydroxyl groups excluding tert-OH is 1. The van der Waals surface area contributed by atoms with Crippen molar-refractivity contribution >= 4 is 6.03 Å². The largest absolute Gasteiger partial charge is 0.396 e. The summed E-state index contributed by atoms with van der Waals surface area (Å²) in [6.45, 7) is 3.62. The molecule has 0 saturated heterocycles. The zero-order chi connectivity index (χ0) is 11.8. The van der Waals surface area contributed by atoms with Crippen molar-refractivity contribution in [3.8, 4) is 0 Å². The molecule has 0 radical (unpaired) electrons. The number of carbonyl (C=O) groups is 1. The summed E-state index contributed by atoms with van der Waals surface area (Å²) in [7, 11) is 0. The van der Waals surface area contributed by atoms with Gasteiger partial charge in [0.2, 0.25) is 0 Å². The molecule has 3 N–H and O–H groups in total. The van der Waals surface area contributed by atoms with E-state index < -0.39 is 0 Å². The van der Waals surface area contributed by atoms with E-state index in [9.17, 15) is 4.79 Å². The van der Waals surface area contributed by atoms with E-state index in [0.29, 0.717) is 12.5 Å². The van der Waals surface area contributed by atoms with Gasteiger partial charge in [0.15, 0.2) is 0 Å². The Bertz CT molecular complexity index is 205. The minimum absolute atomic E-state index is 0.0795. The summed E-state index contributed by atoms with van der Waals surface area (Å²) < 4.78 is 0. The maximum atomic E-state index is 11.4. The lowest BCUT2D eigenvalue weighted by atomic mass is 9.83. The molecule has 16 heavy (non-hydrogen) atoms. The first-order valence-electron chi connectivity index (χ1n) is 6.35. The molecule has 94 valence electrons. The van der Waals surface area contributed by atoms with Gasteiger partial charge in [0.05, 0.1) is 0 Å². The van der Waals surface area contributed by atoms with Crippen LogP contribution in [0.1, 0.15) is 39.0 Å². The summed E-state index contributed by atoms with van der Waals surface area (Å²) in [6.07, 6.45) is 5.87. The van der Waals surface area contributed by atoms with Crippen LogP contribution < -0.4 is 10.6 Å². The SMILES string of the molecule is CC(CCO)CNC(=O)NCCC1CCC1. The van der Waals surface area contributed by atoms with E-state index in [-0.39, 0.29) is 12.6 Å². The van der Waals surface area contributed by atoms with Crippen molar-refractivity contribution in [2.75, 3.05) is 19.7 Å². The predicted molar refractivity (Wildman–Crippen MR) is 64.2 cm³/mol. The van der Waals surface area contributed by atoms with Crippen LogP contribution in [0.25, 0.3) is 0 Å². The Morgan fingerprint density at radius 3 is 2.75 bits per heavy atom. The van der Waals surface area contributed by atoms with Gasteiger partial charge < -0.3 is 15.7 Å². The van der Waals surface area contributed by atoms with Crippen molar-refractivity contribution in [1.82, 2.24) is 10.6 Å². The number of hydrogen-bond acceptors (Lipinski definition) is 2. The Morgan fingerprint density at radius 1 is 1.44 bits per heavy atom. The zero-order valence-corrected chi connectivity index (χ0v) is 10.2. The van der Waals surface area contributed by atoms with Crippen molar-refractivity contribution in [2.45, 2.75) is 39.0 Å². The second kappa shape index (κ2) is 7.49. The summed E-state index contributed by atoms with van der Waals surface area (Å²) >= 11 is 0. The van der Waals surface area contributed by atoms with E-state index >= 15 is 0 Å². The average molecular weight is 228 g/mol. The first kappa shape index (κ1) is 13.3. The van der Waals surface area contributed by atoms with Gasteiger partial charge in [-0.05, 0) is 24.7 Å². The first-order valence-corrected chi connectivity index (χ1v) is 6.35. The molecule has 2 amide bonds. The van der Waals surface area contributed by atoms with Crippen molar-refractivity contribution in [2.24, 2.45) is 11.8 Å². The highest BCUT2D eigenvalue weighted by atomic mass is 16.3. The van der Waals surface area contributed by atoms with Crippen LogP contribution >= 0.6 is 0 Å². The maximum absolute atomic E-state index is 11.4. The molecular formula is C12H24N2O2. The molecule has 0 bridgehead atoms. The fourth-order valence-corrected chi connectivity index (χ4v) is 1.82. The molecule has 0 aliphatic heterocycles. The topological polar surface area (TPSA) is 61.4 Å². The number of hydrogen-bond donors (Lipinski definition) is 3. The lowest BCUT2D eigenvalue weighted by Gasteiger charge is -2.25. The van der Waals surface area contributed by atoms with E-state index in [1.165, 1.54) is 19.3 Å². The van der Waals surface area contributed by atoms with E-state index in [2.05, 4.69) is 10.6 Å². The van der Waals surface area contributed by atoms with Crippen LogP contribution in [-0.2, 0) is 0 Å². The normalized spacial score (nSPS) is 17.6. The molecule has 4 heteroatoms. The molecule has 0 aromatic carbocycles. The number of aliphatic hydroxyl groups is 1. The summed E-state index contributed by atoms with van der Waals surface area (Å²) in [5, 5.41) is 14.4. The van der Waals surface area contributed by atoms with Crippen LogP contribution in [0, 0.1) is 11.8 Å². The smallest absolute Gasteiger partial charge is 0.314 e. The van der Waals surface area contributed by atoms with Crippen molar-refractivity contribution in [3.63, 3.8) is 0 Å². The van der Waals surface area contributed by atoms with Gasteiger partial charge >= 0.3 is 6.03 Å². The molecular weight excluding hydrogens is 204 g/mol. The van der Waals surface area contributed by atoms with E-state index in [0.717, 1.165) is 25.3 Å². The number of nitrogens with one attached hydrogen (secondary N) is 2. The fraction of sp³-hybridized carbons (Fsp3) is 0.917. The second-order valence-electron chi connectivity index (χ2n) is 4.84. The van der Waals surface area contributed by atoms with E-state index in [4.69, 9.17) is 5.11 Å². The average Bonchev–Trinajstić information content (AvgIpc) is 2.19. The van der Waals surface area contributed by atoms with Gasteiger partial charge in [-0.1, -0.05) is 26.2 Å². The monoisotopic (exact) mass is 228 g/mol. The minimum Gasteiger partial charge on any atom is -0.396 e. The molecule has 4 nitrogen and oxygen atoms in total. The highest BCUT2D eigenvalue weighted by molar-refractivity contribution is 5.73. The molecule has 1 aliphatic rings. The maximum Gasteiger partial charge on any atom is 0.314 e. The van der Waals surface area contributed by atoms with Gasteiger partial charge in [-0.3, -0.25) is 0 Å². The Labute approximate surface area is 97.8 Å². The van der Waals surface area contributed by atoms with Crippen LogP contribution in [0.3, 0.4) is 0 Å². The minimum atomic E-state index is -0.0795. The molecule has 0 spiro atoms. The van der Waals surface area contributed by atoms with Gasteiger partial charge in [0.1, 0.15) is 0 Å². The Kier molecular flexibility index (Phi) is 6.23. The molecule has 1 unspecified atom stereocenters. The summed E-state index contributed by atoms with van der Waals surface area (Å²) in [4.78, 5) is 11.4. The summed E-state index contributed by atoms with van der Waals surface area (Å²) in [5.41, 5.74) is 0. The Morgan fingerprint density at radius 2 is 2.19 bits per heavy atom. The third kappa shape index (κ3) is 5.35. The van der Waals surface area contributed by atoms with Gasteiger partial charge in [0.25, 0.3) is 0 Å². The number of rotatable bonds is 7. The number of amides is 2. The predicted octanol–water partition coefficient (Wildman–Crippen LogP) is 1.49. The van der Waals surface area contributed by atoms with Crippen LogP contribution in [0.4, 0.5) is 4.79 Å². The lowest BCUT2D eigenvalue weighted by Crippen LogP contribution is -2.39. The summed E-state index contributed by atoms with van der Waals surface area (Å²) in [6, 6.07) is -0.0795. The lowest BCUT2D eigenvalue weighted by molar-refractivity contribution is 0.231. The van der Waals surface area contributed by atoms with Gasteiger partial charge in [0, 0.05) is 19.7 Å². The van der Waals surface area contributed by atoms with Gasteiger partial charge in [-0.2, -0.15) is 0 Å². The highest BCUT2D eigenvalue weighted by Crippen LogP contribution is 2.28. The number of carbonyl (C=O) groups excluding carboxylic acids is 1.